The van der Waals surface area contributed by atoms with Crippen LogP contribution in [0.25, 0.3) is 0 Å². The molecule has 0 aromatic heterocycles. The van der Waals surface area contributed by atoms with E-state index in [9.17, 15) is 0 Å². The first-order valence-electron chi connectivity index (χ1n) is 8.35. The molecule has 1 saturated heterocycles. The minimum absolute atomic E-state index is 0.248. The van der Waals surface area contributed by atoms with Crippen molar-refractivity contribution in [1.82, 2.24) is 0 Å². The van der Waals surface area contributed by atoms with E-state index in [2.05, 4.69) is 43.9 Å². The van der Waals surface area contributed by atoms with Crippen LogP contribution in [0, 0.1) is 6.92 Å². The van der Waals surface area contributed by atoms with E-state index in [0.717, 1.165) is 32.5 Å². The fraction of sp³-hybridized carbons (Fsp3) is 0.667. The van der Waals surface area contributed by atoms with Gasteiger partial charge in [0, 0.05) is 31.4 Å². The van der Waals surface area contributed by atoms with Gasteiger partial charge < -0.3 is 15.4 Å². The van der Waals surface area contributed by atoms with E-state index in [1.807, 2.05) is 0 Å². The highest BCUT2D eigenvalue weighted by molar-refractivity contribution is 5.55. The molecule has 1 heterocycles. The highest BCUT2D eigenvalue weighted by Crippen LogP contribution is 2.27. The number of nitrogens with two attached hydrogens (primary N) is 1. The first-order valence-corrected chi connectivity index (χ1v) is 8.35. The summed E-state index contributed by atoms with van der Waals surface area (Å²) in [7, 11) is 0. The molecule has 2 rings (SSSR count). The zero-order valence-corrected chi connectivity index (χ0v) is 13.8. The van der Waals surface area contributed by atoms with Crippen LogP contribution in [0.5, 0.6) is 0 Å². The Hall–Kier alpha value is -1.06. The molecule has 1 aromatic carbocycles. The number of hydrogen-bond acceptors (Lipinski definition) is 3. The van der Waals surface area contributed by atoms with Crippen molar-refractivity contribution in [3.63, 3.8) is 0 Å². The second-order valence-electron chi connectivity index (χ2n) is 6.17. The predicted octanol–water partition coefficient (Wildman–Crippen LogP) is 3.28. The standard InChI is InChI=1S/C18H30N2O/c1-4-16(19)12-15-11-14(3)8-9-18(15)20-10-6-7-17(13-20)21-5-2/h8-9,11,16-17H,4-7,10,12-13,19H2,1-3H3. The Kier molecular flexibility index (Phi) is 6.07. The molecular weight excluding hydrogens is 260 g/mol. The van der Waals surface area contributed by atoms with Crippen molar-refractivity contribution >= 4 is 5.69 Å². The maximum Gasteiger partial charge on any atom is 0.0750 e. The zero-order chi connectivity index (χ0) is 15.2. The summed E-state index contributed by atoms with van der Waals surface area (Å²) in [6.07, 6.45) is 4.74. The van der Waals surface area contributed by atoms with Crippen LogP contribution in [0.2, 0.25) is 0 Å². The maximum atomic E-state index is 6.19. The quantitative estimate of drug-likeness (QED) is 0.874. The van der Waals surface area contributed by atoms with Crippen molar-refractivity contribution in [3.05, 3.63) is 29.3 Å². The normalized spacial score (nSPS) is 20.6. The van der Waals surface area contributed by atoms with Crippen LogP contribution in [-0.2, 0) is 11.2 Å². The molecular formula is C18H30N2O. The molecule has 1 aromatic rings. The van der Waals surface area contributed by atoms with E-state index in [0.29, 0.717) is 6.10 Å². The minimum atomic E-state index is 0.248. The summed E-state index contributed by atoms with van der Waals surface area (Å²) in [4.78, 5) is 2.49. The van der Waals surface area contributed by atoms with Crippen molar-refractivity contribution in [2.24, 2.45) is 5.73 Å². The van der Waals surface area contributed by atoms with Gasteiger partial charge in [0.2, 0.25) is 0 Å². The Morgan fingerprint density at radius 3 is 2.90 bits per heavy atom. The molecule has 1 aliphatic heterocycles. The molecule has 2 unspecified atom stereocenters. The van der Waals surface area contributed by atoms with Gasteiger partial charge in [0.05, 0.1) is 6.10 Å². The van der Waals surface area contributed by atoms with Gasteiger partial charge in [-0.05, 0) is 51.2 Å². The predicted molar refractivity (Wildman–Crippen MR) is 90.0 cm³/mol. The number of hydrogen-bond donors (Lipinski definition) is 1. The van der Waals surface area contributed by atoms with E-state index < -0.39 is 0 Å². The number of aryl methyl sites for hydroxylation is 1. The van der Waals surface area contributed by atoms with Crippen LogP contribution in [0.3, 0.4) is 0 Å². The number of ether oxygens (including phenoxy) is 1. The summed E-state index contributed by atoms with van der Waals surface area (Å²) in [6, 6.07) is 7.02. The molecule has 118 valence electrons. The summed E-state index contributed by atoms with van der Waals surface area (Å²) < 4.78 is 5.83. The lowest BCUT2D eigenvalue weighted by molar-refractivity contribution is 0.0526. The SMILES string of the molecule is CCOC1CCCN(c2ccc(C)cc2CC(N)CC)C1. The minimum Gasteiger partial charge on any atom is -0.377 e. The summed E-state index contributed by atoms with van der Waals surface area (Å²) >= 11 is 0. The Morgan fingerprint density at radius 1 is 1.38 bits per heavy atom. The highest BCUT2D eigenvalue weighted by Gasteiger charge is 2.22. The molecule has 2 N–H and O–H groups in total. The zero-order valence-electron chi connectivity index (χ0n) is 13.8. The number of rotatable bonds is 6. The van der Waals surface area contributed by atoms with Gasteiger partial charge in [0.25, 0.3) is 0 Å². The van der Waals surface area contributed by atoms with Crippen molar-refractivity contribution in [2.75, 3.05) is 24.6 Å². The van der Waals surface area contributed by atoms with Crippen LogP contribution < -0.4 is 10.6 Å². The number of piperidine rings is 1. The van der Waals surface area contributed by atoms with Crippen LogP contribution in [-0.4, -0.2) is 31.8 Å². The number of nitrogens with zero attached hydrogens (tertiary/aromatic N) is 1. The summed E-state index contributed by atoms with van der Waals surface area (Å²) in [6.45, 7) is 9.33. The Labute approximate surface area is 129 Å². The lowest BCUT2D eigenvalue weighted by atomic mass is 9.98. The second kappa shape index (κ2) is 7.81. The summed E-state index contributed by atoms with van der Waals surface area (Å²) in [5.41, 5.74) is 10.2. The monoisotopic (exact) mass is 290 g/mol. The largest absolute Gasteiger partial charge is 0.377 e. The van der Waals surface area contributed by atoms with Gasteiger partial charge in [-0.3, -0.25) is 0 Å². The maximum absolute atomic E-state index is 6.19. The second-order valence-corrected chi connectivity index (χ2v) is 6.17. The molecule has 0 aliphatic carbocycles. The fourth-order valence-electron chi connectivity index (χ4n) is 3.14. The van der Waals surface area contributed by atoms with Crippen molar-refractivity contribution < 1.29 is 4.74 Å². The Morgan fingerprint density at radius 2 is 2.19 bits per heavy atom. The summed E-state index contributed by atoms with van der Waals surface area (Å²) in [5, 5.41) is 0. The average Bonchev–Trinajstić information content (AvgIpc) is 2.48. The molecule has 1 aliphatic rings. The molecule has 0 spiro atoms. The van der Waals surface area contributed by atoms with Crippen molar-refractivity contribution in [1.29, 1.82) is 0 Å². The van der Waals surface area contributed by atoms with Gasteiger partial charge in [-0.15, -0.1) is 0 Å². The molecule has 0 saturated carbocycles. The number of anilines is 1. The molecule has 2 atom stereocenters. The van der Waals surface area contributed by atoms with Crippen molar-refractivity contribution in [2.45, 2.75) is 58.6 Å². The average molecular weight is 290 g/mol. The van der Waals surface area contributed by atoms with Crippen LogP contribution in [0.15, 0.2) is 18.2 Å². The highest BCUT2D eigenvalue weighted by atomic mass is 16.5. The van der Waals surface area contributed by atoms with Gasteiger partial charge in [0.15, 0.2) is 0 Å². The van der Waals surface area contributed by atoms with E-state index in [1.165, 1.54) is 29.7 Å². The van der Waals surface area contributed by atoms with Crippen LogP contribution in [0.4, 0.5) is 5.69 Å². The van der Waals surface area contributed by atoms with Crippen LogP contribution >= 0.6 is 0 Å². The smallest absolute Gasteiger partial charge is 0.0750 e. The van der Waals surface area contributed by atoms with Crippen molar-refractivity contribution in [3.8, 4) is 0 Å². The van der Waals surface area contributed by atoms with E-state index in [1.54, 1.807) is 0 Å². The lowest BCUT2D eigenvalue weighted by Crippen LogP contribution is -2.40. The third-order valence-electron chi connectivity index (χ3n) is 4.36. The molecule has 0 radical (unpaired) electrons. The first kappa shape index (κ1) is 16.3. The molecule has 3 nitrogen and oxygen atoms in total. The van der Waals surface area contributed by atoms with Gasteiger partial charge in [0.1, 0.15) is 0 Å². The number of benzene rings is 1. The Bertz CT molecular complexity index is 445. The third kappa shape index (κ3) is 4.45. The van der Waals surface area contributed by atoms with E-state index >= 15 is 0 Å². The first-order chi connectivity index (χ1) is 10.1. The molecule has 0 amide bonds. The third-order valence-corrected chi connectivity index (χ3v) is 4.36. The lowest BCUT2D eigenvalue weighted by Gasteiger charge is -2.35. The fourth-order valence-corrected chi connectivity index (χ4v) is 3.14. The van der Waals surface area contributed by atoms with E-state index in [4.69, 9.17) is 10.5 Å². The van der Waals surface area contributed by atoms with Gasteiger partial charge in [-0.25, -0.2) is 0 Å². The summed E-state index contributed by atoms with van der Waals surface area (Å²) in [5.74, 6) is 0. The van der Waals surface area contributed by atoms with Gasteiger partial charge in [-0.1, -0.05) is 24.6 Å². The van der Waals surface area contributed by atoms with E-state index in [-0.39, 0.29) is 6.04 Å². The van der Waals surface area contributed by atoms with Gasteiger partial charge >= 0.3 is 0 Å². The Balaban J connectivity index is 2.17. The van der Waals surface area contributed by atoms with Crippen LogP contribution in [0.1, 0.15) is 44.2 Å². The molecule has 1 fully saturated rings. The molecule has 21 heavy (non-hydrogen) atoms. The topological polar surface area (TPSA) is 38.5 Å². The van der Waals surface area contributed by atoms with Gasteiger partial charge in [-0.2, -0.15) is 0 Å². The molecule has 3 heteroatoms. The molecule has 0 bridgehead atoms.